The van der Waals surface area contributed by atoms with Gasteiger partial charge in [-0.1, -0.05) is 39.7 Å². The Bertz CT molecular complexity index is 690. The standard InChI is InChI=1S/C17H17BrN2O/c1-11-4-9-16(12(2)10-11)13(3)19-20-17(21)14-5-7-15(18)8-6-14/h4-10H,1-3H3,(H,20,21)/b19-13+. The normalized spacial score (nSPS) is 11.3. The van der Waals surface area contributed by atoms with Gasteiger partial charge in [0.2, 0.25) is 0 Å². The lowest BCUT2D eigenvalue weighted by atomic mass is 10.0. The first-order valence-electron chi connectivity index (χ1n) is 6.65. The number of hydrazone groups is 1. The van der Waals surface area contributed by atoms with Gasteiger partial charge in [-0.3, -0.25) is 4.79 Å². The molecular weight excluding hydrogens is 328 g/mol. The minimum absolute atomic E-state index is 0.216. The molecule has 108 valence electrons. The van der Waals surface area contributed by atoms with Gasteiger partial charge in [0.25, 0.3) is 5.91 Å². The van der Waals surface area contributed by atoms with E-state index in [0.29, 0.717) is 5.56 Å². The van der Waals surface area contributed by atoms with Gasteiger partial charge in [-0.25, -0.2) is 5.43 Å². The quantitative estimate of drug-likeness (QED) is 0.657. The molecular formula is C17H17BrN2O. The molecule has 0 bridgehead atoms. The van der Waals surface area contributed by atoms with Gasteiger partial charge in [-0.05, 0) is 50.6 Å². The molecule has 1 amide bonds. The van der Waals surface area contributed by atoms with Crippen LogP contribution in [0.25, 0.3) is 0 Å². The molecule has 0 saturated heterocycles. The number of nitrogens with zero attached hydrogens (tertiary/aromatic N) is 1. The van der Waals surface area contributed by atoms with E-state index < -0.39 is 0 Å². The van der Waals surface area contributed by atoms with Crippen molar-refractivity contribution in [1.82, 2.24) is 5.43 Å². The van der Waals surface area contributed by atoms with Gasteiger partial charge < -0.3 is 0 Å². The van der Waals surface area contributed by atoms with Gasteiger partial charge in [-0.2, -0.15) is 5.10 Å². The predicted molar refractivity (Wildman–Crippen MR) is 89.7 cm³/mol. The van der Waals surface area contributed by atoms with Crippen LogP contribution >= 0.6 is 15.9 Å². The van der Waals surface area contributed by atoms with Crippen LogP contribution in [0, 0.1) is 13.8 Å². The third-order valence-corrected chi connectivity index (χ3v) is 3.73. The fourth-order valence-corrected chi connectivity index (χ4v) is 2.34. The number of benzene rings is 2. The first-order valence-corrected chi connectivity index (χ1v) is 7.44. The van der Waals surface area contributed by atoms with E-state index in [0.717, 1.165) is 21.3 Å². The molecule has 0 heterocycles. The Kier molecular flexibility index (Phi) is 4.91. The lowest BCUT2D eigenvalue weighted by Gasteiger charge is -2.07. The van der Waals surface area contributed by atoms with Crippen LogP contribution in [0.2, 0.25) is 0 Å². The fraction of sp³-hybridized carbons (Fsp3) is 0.176. The zero-order chi connectivity index (χ0) is 15.4. The summed E-state index contributed by atoms with van der Waals surface area (Å²) in [6.45, 7) is 5.98. The highest BCUT2D eigenvalue weighted by Crippen LogP contribution is 2.12. The van der Waals surface area contributed by atoms with Crippen LogP contribution in [0.3, 0.4) is 0 Å². The van der Waals surface area contributed by atoms with Crippen LogP contribution in [0.4, 0.5) is 0 Å². The number of carbonyl (C=O) groups excluding carboxylic acids is 1. The third kappa shape index (κ3) is 4.02. The molecule has 0 aliphatic heterocycles. The van der Waals surface area contributed by atoms with Crippen molar-refractivity contribution in [2.45, 2.75) is 20.8 Å². The molecule has 0 atom stereocenters. The van der Waals surface area contributed by atoms with Crippen molar-refractivity contribution in [2.75, 3.05) is 0 Å². The van der Waals surface area contributed by atoms with E-state index in [-0.39, 0.29) is 5.91 Å². The third-order valence-electron chi connectivity index (χ3n) is 3.20. The van der Waals surface area contributed by atoms with Crippen LogP contribution < -0.4 is 5.43 Å². The van der Waals surface area contributed by atoms with Crippen molar-refractivity contribution < 1.29 is 4.79 Å². The molecule has 2 aromatic carbocycles. The Morgan fingerprint density at radius 1 is 1.10 bits per heavy atom. The Morgan fingerprint density at radius 3 is 2.38 bits per heavy atom. The average molecular weight is 345 g/mol. The van der Waals surface area contributed by atoms with Crippen molar-refractivity contribution in [3.63, 3.8) is 0 Å². The second kappa shape index (κ2) is 6.68. The van der Waals surface area contributed by atoms with Gasteiger partial charge in [0, 0.05) is 15.6 Å². The maximum Gasteiger partial charge on any atom is 0.271 e. The van der Waals surface area contributed by atoms with Gasteiger partial charge in [0.1, 0.15) is 0 Å². The van der Waals surface area contributed by atoms with Crippen molar-refractivity contribution in [3.8, 4) is 0 Å². The second-order valence-electron chi connectivity index (χ2n) is 4.96. The van der Waals surface area contributed by atoms with Gasteiger partial charge in [0.05, 0.1) is 5.71 Å². The molecule has 0 unspecified atom stereocenters. The number of hydrogen-bond donors (Lipinski definition) is 1. The summed E-state index contributed by atoms with van der Waals surface area (Å²) in [5.41, 5.74) is 7.36. The SMILES string of the molecule is C/C(=N\NC(=O)c1ccc(Br)cc1)c1ccc(C)cc1C. The average Bonchev–Trinajstić information content (AvgIpc) is 2.45. The highest BCUT2D eigenvalue weighted by Gasteiger charge is 2.06. The maximum absolute atomic E-state index is 12.0. The molecule has 0 aromatic heterocycles. The number of hydrogen-bond acceptors (Lipinski definition) is 2. The minimum atomic E-state index is -0.216. The molecule has 2 aromatic rings. The summed E-state index contributed by atoms with van der Waals surface area (Å²) in [6.07, 6.45) is 0. The molecule has 0 saturated carbocycles. The zero-order valence-corrected chi connectivity index (χ0v) is 13.9. The second-order valence-corrected chi connectivity index (χ2v) is 5.88. The van der Waals surface area contributed by atoms with Crippen molar-refractivity contribution in [3.05, 3.63) is 69.2 Å². The van der Waals surface area contributed by atoms with E-state index in [2.05, 4.69) is 39.4 Å². The van der Waals surface area contributed by atoms with Gasteiger partial charge in [0.15, 0.2) is 0 Å². The molecule has 21 heavy (non-hydrogen) atoms. The largest absolute Gasteiger partial charge is 0.271 e. The Hall–Kier alpha value is -1.94. The molecule has 4 heteroatoms. The summed E-state index contributed by atoms with van der Waals surface area (Å²) in [5, 5.41) is 4.19. The zero-order valence-electron chi connectivity index (χ0n) is 12.3. The number of aryl methyl sites for hydroxylation is 2. The van der Waals surface area contributed by atoms with Crippen molar-refractivity contribution in [2.24, 2.45) is 5.10 Å². The molecule has 0 spiro atoms. The van der Waals surface area contributed by atoms with Crippen LogP contribution in [-0.4, -0.2) is 11.6 Å². The Balaban J connectivity index is 2.12. The summed E-state index contributed by atoms with van der Waals surface area (Å²) < 4.78 is 0.939. The Labute approximate surface area is 133 Å². The van der Waals surface area contributed by atoms with E-state index in [1.807, 2.05) is 38.1 Å². The van der Waals surface area contributed by atoms with Crippen LogP contribution in [-0.2, 0) is 0 Å². The van der Waals surface area contributed by atoms with Crippen molar-refractivity contribution >= 4 is 27.5 Å². The Morgan fingerprint density at radius 2 is 1.76 bits per heavy atom. The monoisotopic (exact) mass is 344 g/mol. The van der Waals surface area contributed by atoms with Crippen molar-refractivity contribution in [1.29, 1.82) is 0 Å². The van der Waals surface area contributed by atoms with Gasteiger partial charge in [-0.15, -0.1) is 0 Å². The molecule has 0 radical (unpaired) electrons. The summed E-state index contributed by atoms with van der Waals surface area (Å²) in [6, 6.07) is 13.3. The van der Waals surface area contributed by atoms with Crippen LogP contribution in [0.15, 0.2) is 52.0 Å². The number of amides is 1. The van der Waals surface area contributed by atoms with Crippen LogP contribution in [0.1, 0.15) is 34.0 Å². The molecule has 0 fully saturated rings. The topological polar surface area (TPSA) is 41.5 Å². The summed E-state index contributed by atoms with van der Waals surface area (Å²) >= 11 is 3.34. The molecule has 0 aliphatic carbocycles. The van der Waals surface area contributed by atoms with Crippen LogP contribution in [0.5, 0.6) is 0 Å². The lowest BCUT2D eigenvalue weighted by molar-refractivity contribution is 0.0955. The summed E-state index contributed by atoms with van der Waals surface area (Å²) in [5.74, 6) is -0.216. The number of carbonyl (C=O) groups is 1. The fourth-order valence-electron chi connectivity index (χ4n) is 2.08. The first-order chi connectivity index (χ1) is 9.97. The number of rotatable bonds is 3. The maximum atomic E-state index is 12.0. The van der Waals surface area contributed by atoms with E-state index in [1.54, 1.807) is 12.1 Å². The number of halogens is 1. The number of nitrogens with one attached hydrogen (secondary N) is 1. The highest BCUT2D eigenvalue weighted by molar-refractivity contribution is 9.10. The molecule has 2 rings (SSSR count). The smallest absolute Gasteiger partial charge is 0.267 e. The predicted octanol–water partition coefficient (Wildman–Crippen LogP) is 4.22. The molecule has 3 nitrogen and oxygen atoms in total. The highest BCUT2D eigenvalue weighted by atomic mass is 79.9. The minimum Gasteiger partial charge on any atom is -0.267 e. The lowest BCUT2D eigenvalue weighted by Crippen LogP contribution is -2.19. The van der Waals surface area contributed by atoms with E-state index in [9.17, 15) is 4.79 Å². The first kappa shape index (κ1) is 15.4. The van der Waals surface area contributed by atoms with E-state index in [4.69, 9.17) is 0 Å². The summed E-state index contributed by atoms with van der Waals surface area (Å²) in [4.78, 5) is 12.0. The van der Waals surface area contributed by atoms with Gasteiger partial charge >= 0.3 is 0 Å². The molecule has 1 N–H and O–H groups in total. The van der Waals surface area contributed by atoms with E-state index >= 15 is 0 Å². The summed E-state index contributed by atoms with van der Waals surface area (Å²) in [7, 11) is 0. The molecule has 0 aliphatic rings. The van der Waals surface area contributed by atoms with E-state index in [1.165, 1.54) is 5.56 Å².